The van der Waals surface area contributed by atoms with Gasteiger partial charge in [-0.05, 0) is 30.6 Å². The molecule has 0 heterocycles. The second-order valence-electron chi connectivity index (χ2n) is 5.86. The van der Waals surface area contributed by atoms with Crippen molar-refractivity contribution < 1.29 is 5.11 Å². The van der Waals surface area contributed by atoms with Crippen molar-refractivity contribution in [2.45, 2.75) is 53.1 Å². The SMILES string of the molecule is CC1(O)C=CC(C)(C(C)(C)C)CC1. The molecule has 2 atom stereocenters. The second-order valence-corrected chi connectivity index (χ2v) is 5.86. The van der Waals surface area contributed by atoms with E-state index in [4.69, 9.17) is 0 Å². The summed E-state index contributed by atoms with van der Waals surface area (Å²) in [5.74, 6) is 0. The van der Waals surface area contributed by atoms with Crippen molar-refractivity contribution in [1.82, 2.24) is 0 Å². The van der Waals surface area contributed by atoms with Gasteiger partial charge < -0.3 is 5.11 Å². The molecule has 1 N–H and O–H groups in total. The molecule has 0 radical (unpaired) electrons. The zero-order chi connectivity index (χ0) is 10.3. The predicted molar refractivity (Wildman–Crippen MR) is 56.6 cm³/mol. The minimum Gasteiger partial charge on any atom is -0.386 e. The average molecular weight is 182 g/mol. The van der Waals surface area contributed by atoms with Crippen molar-refractivity contribution in [1.29, 1.82) is 0 Å². The summed E-state index contributed by atoms with van der Waals surface area (Å²) in [6.07, 6.45) is 6.09. The summed E-state index contributed by atoms with van der Waals surface area (Å²) >= 11 is 0. The molecular formula is C12H22O. The van der Waals surface area contributed by atoms with Crippen LogP contribution in [0.2, 0.25) is 0 Å². The van der Waals surface area contributed by atoms with Gasteiger partial charge in [-0.15, -0.1) is 0 Å². The van der Waals surface area contributed by atoms with Gasteiger partial charge in [0.25, 0.3) is 0 Å². The summed E-state index contributed by atoms with van der Waals surface area (Å²) in [6, 6.07) is 0. The third-order valence-electron chi connectivity index (χ3n) is 3.67. The standard InChI is InChI=1S/C12H22O/c1-10(2,3)11(4)6-8-12(5,13)9-7-11/h6,8,13H,7,9H2,1-5H3. The van der Waals surface area contributed by atoms with Gasteiger partial charge in [0.1, 0.15) is 0 Å². The highest BCUT2D eigenvalue weighted by atomic mass is 16.3. The maximum Gasteiger partial charge on any atom is 0.0800 e. The number of rotatable bonds is 0. The smallest absolute Gasteiger partial charge is 0.0800 e. The molecular weight excluding hydrogens is 160 g/mol. The van der Waals surface area contributed by atoms with Gasteiger partial charge in [-0.3, -0.25) is 0 Å². The lowest BCUT2D eigenvalue weighted by Crippen LogP contribution is -2.37. The third-order valence-corrected chi connectivity index (χ3v) is 3.67. The van der Waals surface area contributed by atoms with Crippen molar-refractivity contribution in [3.63, 3.8) is 0 Å². The van der Waals surface area contributed by atoms with Gasteiger partial charge in [0, 0.05) is 0 Å². The minimum absolute atomic E-state index is 0.231. The molecule has 1 heteroatoms. The first-order valence-electron chi connectivity index (χ1n) is 5.09. The highest BCUT2D eigenvalue weighted by molar-refractivity contribution is 5.13. The van der Waals surface area contributed by atoms with E-state index in [0.29, 0.717) is 0 Å². The van der Waals surface area contributed by atoms with Crippen LogP contribution in [0.3, 0.4) is 0 Å². The van der Waals surface area contributed by atoms with Crippen LogP contribution in [0.15, 0.2) is 12.2 Å². The van der Waals surface area contributed by atoms with E-state index in [1.54, 1.807) is 0 Å². The van der Waals surface area contributed by atoms with Gasteiger partial charge in [-0.2, -0.15) is 0 Å². The van der Waals surface area contributed by atoms with Crippen LogP contribution >= 0.6 is 0 Å². The molecule has 1 aliphatic carbocycles. The van der Waals surface area contributed by atoms with Crippen LogP contribution < -0.4 is 0 Å². The first-order chi connectivity index (χ1) is 5.66. The van der Waals surface area contributed by atoms with Gasteiger partial charge >= 0.3 is 0 Å². The fourth-order valence-electron chi connectivity index (χ4n) is 1.67. The molecule has 0 aromatic carbocycles. The highest BCUT2D eigenvalue weighted by Crippen LogP contribution is 2.47. The van der Waals surface area contributed by atoms with Crippen LogP contribution in [-0.4, -0.2) is 10.7 Å². The molecule has 13 heavy (non-hydrogen) atoms. The molecule has 0 aliphatic heterocycles. The highest BCUT2D eigenvalue weighted by Gasteiger charge is 2.39. The molecule has 1 rings (SSSR count). The fraction of sp³-hybridized carbons (Fsp3) is 0.833. The second kappa shape index (κ2) is 2.84. The van der Waals surface area contributed by atoms with Gasteiger partial charge in [-0.25, -0.2) is 0 Å². The summed E-state index contributed by atoms with van der Waals surface area (Å²) in [7, 11) is 0. The van der Waals surface area contributed by atoms with E-state index in [2.05, 4.69) is 33.8 Å². The van der Waals surface area contributed by atoms with Crippen LogP contribution in [0.1, 0.15) is 47.5 Å². The molecule has 0 spiro atoms. The largest absolute Gasteiger partial charge is 0.386 e. The molecule has 1 aliphatic rings. The number of allylic oxidation sites excluding steroid dienone is 1. The molecule has 0 saturated carbocycles. The molecule has 0 amide bonds. The zero-order valence-electron chi connectivity index (χ0n) is 9.52. The Bertz CT molecular complexity index is 220. The molecule has 0 bridgehead atoms. The molecule has 0 aromatic heterocycles. The number of hydrogen-bond donors (Lipinski definition) is 1. The Labute approximate surface area is 81.9 Å². The van der Waals surface area contributed by atoms with Gasteiger partial charge in [-0.1, -0.05) is 39.8 Å². The van der Waals surface area contributed by atoms with Crippen molar-refractivity contribution in [2.24, 2.45) is 10.8 Å². The molecule has 0 fully saturated rings. The minimum atomic E-state index is -0.579. The Morgan fingerprint density at radius 3 is 1.92 bits per heavy atom. The predicted octanol–water partition coefficient (Wildman–Crippen LogP) is 3.14. The van der Waals surface area contributed by atoms with Crippen molar-refractivity contribution >= 4 is 0 Å². The molecule has 1 nitrogen and oxygen atoms in total. The topological polar surface area (TPSA) is 20.2 Å². The van der Waals surface area contributed by atoms with Gasteiger partial charge in [0.05, 0.1) is 5.60 Å². The summed E-state index contributed by atoms with van der Waals surface area (Å²) in [6.45, 7) is 10.9. The van der Waals surface area contributed by atoms with Crippen molar-refractivity contribution in [2.75, 3.05) is 0 Å². The summed E-state index contributed by atoms with van der Waals surface area (Å²) < 4.78 is 0. The van der Waals surface area contributed by atoms with Gasteiger partial charge in [0.2, 0.25) is 0 Å². The van der Waals surface area contributed by atoms with Crippen LogP contribution in [-0.2, 0) is 0 Å². The Morgan fingerprint density at radius 1 is 1.08 bits per heavy atom. The lowest BCUT2D eigenvalue weighted by molar-refractivity contribution is 0.0476. The Morgan fingerprint density at radius 2 is 1.62 bits per heavy atom. The third kappa shape index (κ3) is 2.14. The van der Waals surface area contributed by atoms with Gasteiger partial charge in [0.15, 0.2) is 0 Å². The van der Waals surface area contributed by atoms with Crippen LogP contribution in [0.5, 0.6) is 0 Å². The normalized spacial score (nSPS) is 40.8. The summed E-state index contributed by atoms with van der Waals surface area (Å²) in [5.41, 5.74) is -0.0694. The van der Waals surface area contributed by atoms with E-state index < -0.39 is 5.60 Å². The quantitative estimate of drug-likeness (QED) is 0.571. The van der Waals surface area contributed by atoms with E-state index in [-0.39, 0.29) is 10.8 Å². The monoisotopic (exact) mass is 182 g/mol. The summed E-state index contributed by atoms with van der Waals surface area (Å²) in [5, 5.41) is 9.79. The summed E-state index contributed by atoms with van der Waals surface area (Å²) in [4.78, 5) is 0. The Balaban J connectivity index is 2.88. The first kappa shape index (κ1) is 10.8. The lowest BCUT2D eigenvalue weighted by atomic mass is 9.62. The lowest BCUT2D eigenvalue weighted by Gasteiger charge is -2.44. The van der Waals surface area contributed by atoms with E-state index in [1.165, 1.54) is 0 Å². The van der Waals surface area contributed by atoms with Crippen molar-refractivity contribution in [3.05, 3.63) is 12.2 Å². The van der Waals surface area contributed by atoms with E-state index in [1.807, 2.05) is 13.0 Å². The Kier molecular flexibility index (Phi) is 2.36. The van der Waals surface area contributed by atoms with E-state index in [0.717, 1.165) is 12.8 Å². The fourth-order valence-corrected chi connectivity index (χ4v) is 1.67. The van der Waals surface area contributed by atoms with E-state index in [9.17, 15) is 5.11 Å². The molecule has 2 unspecified atom stereocenters. The maximum absolute atomic E-state index is 9.79. The van der Waals surface area contributed by atoms with E-state index >= 15 is 0 Å². The molecule has 0 aromatic rings. The van der Waals surface area contributed by atoms with Crippen LogP contribution in [0.25, 0.3) is 0 Å². The molecule has 0 saturated heterocycles. The number of aliphatic hydroxyl groups is 1. The Hall–Kier alpha value is -0.300. The molecule has 76 valence electrons. The zero-order valence-corrected chi connectivity index (χ0v) is 9.52. The van der Waals surface area contributed by atoms with Crippen molar-refractivity contribution in [3.8, 4) is 0 Å². The van der Waals surface area contributed by atoms with Crippen LogP contribution in [0.4, 0.5) is 0 Å². The number of hydrogen-bond acceptors (Lipinski definition) is 1. The maximum atomic E-state index is 9.79. The first-order valence-corrected chi connectivity index (χ1v) is 5.09. The van der Waals surface area contributed by atoms with Crippen LogP contribution in [0, 0.1) is 10.8 Å². The average Bonchev–Trinajstić information content (AvgIpc) is 1.94.